The lowest BCUT2D eigenvalue weighted by atomic mass is 9.98. The van der Waals surface area contributed by atoms with Crippen molar-refractivity contribution in [2.75, 3.05) is 19.8 Å². The minimum Gasteiger partial charge on any atom is -0.486 e. The standard InChI is InChI=1S/C21H23NO5/c1-14-3-2-4-15(9-14)10-17(21(24)25)13-22-20(23)12-16-5-6-18-19(11-16)27-8-7-26-18/h2-6,9,11,17H,7-8,10,12-13H2,1H3,(H,22,23)(H,24,25). The third-order valence-electron chi connectivity index (χ3n) is 4.43. The summed E-state index contributed by atoms with van der Waals surface area (Å²) >= 11 is 0. The van der Waals surface area contributed by atoms with Gasteiger partial charge in [-0.15, -0.1) is 0 Å². The number of hydrogen-bond donors (Lipinski definition) is 2. The maximum Gasteiger partial charge on any atom is 0.308 e. The predicted molar refractivity (Wildman–Crippen MR) is 100 cm³/mol. The number of ether oxygens (including phenoxy) is 2. The minimum absolute atomic E-state index is 0.0899. The monoisotopic (exact) mass is 369 g/mol. The number of carbonyl (C=O) groups excluding carboxylic acids is 1. The lowest BCUT2D eigenvalue weighted by molar-refractivity contribution is -0.141. The molecule has 6 heteroatoms. The molecule has 1 heterocycles. The first-order chi connectivity index (χ1) is 13.0. The van der Waals surface area contributed by atoms with Gasteiger partial charge in [0.05, 0.1) is 12.3 Å². The first-order valence-corrected chi connectivity index (χ1v) is 8.95. The van der Waals surface area contributed by atoms with Gasteiger partial charge in [0.25, 0.3) is 0 Å². The van der Waals surface area contributed by atoms with Gasteiger partial charge in [-0.3, -0.25) is 9.59 Å². The van der Waals surface area contributed by atoms with Crippen LogP contribution in [0.15, 0.2) is 42.5 Å². The number of aliphatic carboxylic acids is 1. The summed E-state index contributed by atoms with van der Waals surface area (Å²) in [5.41, 5.74) is 2.82. The van der Waals surface area contributed by atoms with Gasteiger partial charge < -0.3 is 19.9 Å². The zero-order valence-electron chi connectivity index (χ0n) is 15.2. The van der Waals surface area contributed by atoms with Gasteiger partial charge in [-0.1, -0.05) is 35.9 Å². The normalized spacial score (nSPS) is 13.7. The molecule has 2 aromatic carbocycles. The Morgan fingerprint density at radius 1 is 1.07 bits per heavy atom. The molecule has 1 atom stereocenters. The molecule has 0 bridgehead atoms. The number of nitrogens with one attached hydrogen (secondary N) is 1. The predicted octanol–water partition coefficient (Wildman–Crippen LogP) is 2.37. The fourth-order valence-electron chi connectivity index (χ4n) is 3.05. The minimum atomic E-state index is -0.920. The number of rotatable bonds is 7. The van der Waals surface area contributed by atoms with E-state index in [-0.39, 0.29) is 18.9 Å². The Morgan fingerprint density at radius 3 is 2.59 bits per heavy atom. The third-order valence-corrected chi connectivity index (χ3v) is 4.43. The SMILES string of the molecule is Cc1cccc(CC(CNC(=O)Cc2ccc3c(c2)OCCO3)C(=O)O)c1. The van der Waals surface area contributed by atoms with E-state index in [2.05, 4.69) is 5.32 Å². The molecule has 27 heavy (non-hydrogen) atoms. The number of carboxylic acid groups (broad SMARTS) is 1. The van der Waals surface area contributed by atoms with E-state index in [1.165, 1.54) is 0 Å². The van der Waals surface area contributed by atoms with Crippen molar-refractivity contribution in [1.82, 2.24) is 5.32 Å². The van der Waals surface area contributed by atoms with Crippen molar-refractivity contribution in [3.63, 3.8) is 0 Å². The lowest BCUT2D eigenvalue weighted by Crippen LogP contribution is -2.35. The Labute approximate surface area is 158 Å². The van der Waals surface area contributed by atoms with Crippen LogP contribution in [-0.4, -0.2) is 36.7 Å². The van der Waals surface area contributed by atoms with Gasteiger partial charge in [-0.25, -0.2) is 0 Å². The number of aryl methyl sites for hydroxylation is 1. The number of hydrogen-bond acceptors (Lipinski definition) is 4. The maximum absolute atomic E-state index is 12.2. The van der Waals surface area contributed by atoms with E-state index in [0.29, 0.717) is 31.1 Å². The van der Waals surface area contributed by atoms with Crippen LogP contribution >= 0.6 is 0 Å². The van der Waals surface area contributed by atoms with Crippen molar-refractivity contribution >= 4 is 11.9 Å². The average Bonchev–Trinajstić information content (AvgIpc) is 2.65. The number of benzene rings is 2. The summed E-state index contributed by atoms with van der Waals surface area (Å²) in [6.45, 7) is 3.06. The molecule has 2 aromatic rings. The molecule has 1 amide bonds. The van der Waals surface area contributed by atoms with E-state index in [1.54, 1.807) is 12.1 Å². The molecule has 0 aromatic heterocycles. The van der Waals surface area contributed by atoms with E-state index in [0.717, 1.165) is 16.7 Å². The Morgan fingerprint density at radius 2 is 1.85 bits per heavy atom. The average molecular weight is 369 g/mol. The van der Waals surface area contributed by atoms with Crippen LogP contribution in [0.4, 0.5) is 0 Å². The molecule has 0 saturated heterocycles. The van der Waals surface area contributed by atoms with Crippen LogP contribution < -0.4 is 14.8 Å². The molecule has 0 spiro atoms. The quantitative estimate of drug-likeness (QED) is 0.783. The zero-order valence-corrected chi connectivity index (χ0v) is 15.2. The Hall–Kier alpha value is -3.02. The van der Waals surface area contributed by atoms with Gasteiger partial charge in [0.15, 0.2) is 11.5 Å². The van der Waals surface area contributed by atoms with Crippen molar-refractivity contribution in [3.05, 3.63) is 59.2 Å². The van der Waals surface area contributed by atoms with Crippen LogP contribution in [0.1, 0.15) is 16.7 Å². The fraction of sp³-hybridized carbons (Fsp3) is 0.333. The smallest absolute Gasteiger partial charge is 0.308 e. The van der Waals surface area contributed by atoms with Crippen LogP contribution in [0, 0.1) is 12.8 Å². The summed E-state index contributed by atoms with van der Waals surface area (Å²) in [4.78, 5) is 23.8. The van der Waals surface area contributed by atoms with E-state index in [1.807, 2.05) is 37.3 Å². The summed E-state index contributed by atoms with van der Waals surface area (Å²) in [5.74, 6) is -0.502. The summed E-state index contributed by atoms with van der Waals surface area (Å²) in [6.07, 6.45) is 0.536. The van der Waals surface area contributed by atoms with E-state index < -0.39 is 11.9 Å². The van der Waals surface area contributed by atoms with Gasteiger partial charge in [-0.05, 0) is 36.6 Å². The van der Waals surface area contributed by atoms with Gasteiger partial charge in [0, 0.05) is 6.54 Å². The molecule has 6 nitrogen and oxygen atoms in total. The van der Waals surface area contributed by atoms with Crippen molar-refractivity contribution < 1.29 is 24.2 Å². The maximum atomic E-state index is 12.2. The summed E-state index contributed by atoms with van der Waals surface area (Å²) in [7, 11) is 0. The highest BCUT2D eigenvalue weighted by atomic mass is 16.6. The Balaban J connectivity index is 1.55. The molecular weight excluding hydrogens is 346 g/mol. The highest BCUT2D eigenvalue weighted by Crippen LogP contribution is 2.30. The highest BCUT2D eigenvalue weighted by Gasteiger charge is 2.19. The fourth-order valence-corrected chi connectivity index (χ4v) is 3.05. The second-order valence-electron chi connectivity index (χ2n) is 6.69. The van der Waals surface area contributed by atoms with Crippen molar-refractivity contribution in [2.24, 2.45) is 5.92 Å². The molecule has 0 radical (unpaired) electrons. The summed E-state index contributed by atoms with van der Waals surface area (Å²) < 4.78 is 11.0. The second kappa shape index (κ2) is 8.58. The lowest BCUT2D eigenvalue weighted by Gasteiger charge is -2.19. The van der Waals surface area contributed by atoms with Crippen LogP contribution in [0.2, 0.25) is 0 Å². The van der Waals surface area contributed by atoms with Gasteiger partial charge in [0.2, 0.25) is 5.91 Å². The van der Waals surface area contributed by atoms with Gasteiger partial charge in [-0.2, -0.15) is 0 Å². The molecule has 142 valence electrons. The number of amides is 1. The van der Waals surface area contributed by atoms with Gasteiger partial charge >= 0.3 is 5.97 Å². The molecule has 1 aliphatic rings. The van der Waals surface area contributed by atoms with E-state index in [9.17, 15) is 14.7 Å². The molecule has 1 unspecified atom stereocenters. The largest absolute Gasteiger partial charge is 0.486 e. The second-order valence-corrected chi connectivity index (χ2v) is 6.69. The van der Waals surface area contributed by atoms with Crippen LogP contribution in [-0.2, 0) is 22.4 Å². The zero-order chi connectivity index (χ0) is 19.2. The Kier molecular flexibility index (Phi) is 5.96. The van der Waals surface area contributed by atoms with Crippen LogP contribution in [0.5, 0.6) is 11.5 Å². The van der Waals surface area contributed by atoms with Crippen molar-refractivity contribution in [2.45, 2.75) is 19.8 Å². The van der Waals surface area contributed by atoms with Crippen LogP contribution in [0.3, 0.4) is 0 Å². The molecule has 2 N–H and O–H groups in total. The van der Waals surface area contributed by atoms with Crippen LogP contribution in [0.25, 0.3) is 0 Å². The molecular formula is C21H23NO5. The number of fused-ring (bicyclic) bond motifs is 1. The molecule has 0 aliphatic carbocycles. The van der Waals surface area contributed by atoms with Gasteiger partial charge in [0.1, 0.15) is 13.2 Å². The van der Waals surface area contributed by atoms with E-state index >= 15 is 0 Å². The molecule has 3 rings (SSSR count). The van der Waals surface area contributed by atoms with Crippen molar-refractivity contribution in [3.8, 4) is 11.5 Å². The third kappa shape index (κ3) is 5.23. The first kappa shape index (κ1) is 18.8. The number of carbonyl (C=O) groups is 2. The van der Waals surface area contributed by atoms with Crippen molar-refractivity contribution in [1.29, 1.82) is 0 Å². The van der Waals surface area contributed by atoms with E-state index in [4.69, 9.17) is 9.47 Å². The highest BCUT2D eigenvalue weighted by molar-refractivity contribution is 5.79. The molecule has 1 aliphatic heterocycles. The summed E-state index contributed by atoms with van der Waals surface area (Å²) in [6, 6.07) is 13.1. The molecule has 0 fully saturated rings. The topological polar surface area (TPSA) is 84.9 Å². The Bertz CT molecular complexity index is 833. The number of carboxylic acids is 1. The molecule has 0 saturated carbocycles. The summed E-state index contributed by atoms with van der Waals surface area (Å²) in [5, 5.41) is 12.2. The first-order valence-electron chi connectivity index (χ1n) is 8.95.